The first kappa shape index (κ1) is 28.2. The topological polar surface area (TPSA) is 79.4 Å². The van der Waals surface area contributed by atoms with Crippen LogP contribution in [0.3, 0.4) is 0 Å². The third-order valence-electron chi connectivity index (χ3n) is 6.60. The van der Waals surface area contributed by atoms with E-state index in [9.17, 15) is 14.4 Å². The van der Waals surface area contributed by atoms with E-state index in [2.05, 4.69) is 0 Å². The first-order chi connectivity index (χ1) is 15.6. The fourth-order valence-corrected chi connectivity index (χ4v) is 4.79. The molecule has 2 fully saturated rings. The van der Waals surface area contributed by atoms with Crippen LogP contribution < -0.4 is 0 Å². The van der Waals surface area contributed by atoms with Crippen LogP contribution in [0.5, 0.6) is 0 Å². The predicted molar refractivity (Wildman–Crippen MR) is 132 cm³/mol. The molecule has 8 nitrogen and oxygen atoms in total. The van der Waals surface area contributed by atoms with Gasteiger partial charge in [-0.15, -0.1) is 0 Å². The van der Waals surface area contributed by atoms with Gasteiger partial charge in [-0.05, 0) is 91.9 Å². The third-order valence-corrected chi connectivity index (χ3v) is 6.60. The lowest BCUT2D eigenvalue weighted by Gasteiger charge is -2.37. The standard InChI is InChI=1S/C26H47N3O5/c1-25(2,3)33-23(31)27(7)17-19-9-11-21(12-10-19)22(30)29-15-13-20(14-16-29)18-28(8)24(32)34-26(4,5)6/h19-21H,9-18H2,1-8H3. The largest absolute Gasteiger partial charge is 0.444 e. The van der Waals surface area contributed by atoms with Crippen molar-refractivity contribution in [2.75, 3.05) is 40.3 Å². The number of amides is 3. The van der Waals surface area contributed by atoms with Gasteiger partial charge in [-0.2, -0.15) is 0 Å². The van der Waals surface area contributed by atoms with E-state index in [4.69, 9.17) is 9.47 Å². The minimum absolute atomic E-state index is 0.0871. The Morgan fingerprint density at radius 3 is 1.47 bits per heavy atom. The van der Waals surface area contributed by atoms with Gasteiger partial charge in [-0.25, -0.2) is 9.59 Å². The molecule has 1 saturated heterocycles. The Balaban J connectivity index is 1.71. The Labute approximate surface area is 206 Å². The van der Waals surface area contributed by atoms with Crippen molar-refractivity contribution in [1.82, 2.24) is 14.7 Å². The summed E-state index contributed by atoms with van der Waals surface area (Å²) >= 11 is 0. The fourth-order valence-electron chi connectivity index (χ4n) is 4.79. The molecular weight excluding hydrogens is 434 g/mol. The number of ether oxygens (including phenoxy) is 2. The van der Waals surface area contributed by atoms with Gasteiger partial charge in [-0.3, -0.25) is 4.79 Å². The van der Waals surface area contributed by atoms with Crippen LogP contribution in [0.2, 0.25) is 0 Å². The van der Waals surface area contributed by atoms with Crippen molar-refractivity contribution in [1.29, 1.82) is 0 Å². The lowest BCUT2D eigenvalue weighted by Crippen LogP contribution is -2.45. The van der Waals surface area contributed by atoms with Gasteiger partial charge in [-0.1, -0.05) is 0 Å². The molecule has 0 unspecified atom stereocenters. The molecule has 0 bridgehead atoms. The zero-order chi connectivity index (χ0) is 25.7. The van der Waals surface area contributed by atoms with Gasteiger partial charge in [0.05, 0.1) is 0 Å². The number of carbonyl (C=O) groups is 3. The lowest BCUT2D eigenvalue weighted by atomic mass is 9.80. The molecule has 1 aliphatic heterocycles. The van der Waals surface area contributed by atoms with Crippen molar-refractivity contribution in [3.8, 4) is 0 Å². The van der Waals surface area contributed by atoms with Gasteiger partial charge in [0.1, 0.15) is 11.2 Å². The SMILES string of the molecule is CN(CC1CCC(C(=O)N2CCC(CN(C)C(=O)OC(C)(C)C)CC2)CC1)C(=O)OC(C)(C)C. The molecule has 1 saturated carbocycles. The van der Waals surface area contributed by atoms with E-state index in [1.807, 2.05) is 46.4 Å². The van der Waals surface area contributed by atoms with Crippen molar-refractivity contribution in [3.63, 3.8) is 0 Å². The van der Waals surface area contributed by atoms with Crippen molar-refractivity contribution in [3.05, 3.63) is 0 Å². The Kier molecular flexibility index (Phi) is 9.66. The maximum atomic E-state index is 13.1. The van der Waals surface area contributed by atoms with Crippen LogP contribution in [0.1, 0.15) is 80.1 Å². The first-order valence-corrected chi connectivity index (χ1v) is 12.8. The molecule has 0 atom stereocenters. The average molecular weight is 482 g/mol. The second-order valence-corrected chi connectivity index (χ2v) is 12.2. The van der Waals surface area contributed by atoms with Crippen LogP contribution in [-0.4, -0.2) is 84.3 Å². The molecule has 8 heteroatoms. The Morgan fingerprint density at radius 2 is 1.09 bits per heavy atom. The van der Waals surface area contributed by atoms with Crippen molar-refractivity contribution >= 4 is 18.1 Å². The van der Waals surface area contributed by atoms with Gasteiger partial charge in [0, 0.05) is 46.2 Å². The van der Waals surface area contributed by atoms with E-state index in [-0.39, 0.29) is 24.0 Å². The van der Waals surface area contributed by atoms with E-state index >= 15 is 0 Å². The smallest absolute Gasteiger partial charge is 0.410 e. The van der Waals surface area contributed by atoms with Crippen LogP contribution in [-0.2, 0) is 14.3 Å². The molecule has 0 radical (unpaired) electrons. The molecule has 34 heavy (non-hydrogen) atoms. The highest BCUT2D eigenvalue weighted by molar-refractivity contribution is 5.79. The highest BCUT2D eigenvalue weighted by Gasteiger charge is 2.33. The average Bonchev–Trinajstić information content (AvgIpc) is 2.72. The maximum absolute atomic E-state index is 13.1. The predicted octanol–water partition coefficient (Wildman–Crippen LogP) is 4.77. The zero-order valence-corrected chi connectivity index (χ0v) is 22.7. The number of nitrogens with zero attached hydrogens (tertiary/aromatic N) is 3. The number of piperidine rings is 1. The van der Waals surface area contributed by atoms with E-state index in [1.54, 1.807) is 23.9 Å². The van der Waals surface area contributed by atoms with Crippen LogP contribution in [0, 0.1) is 17.8 Å². The molecule has 0 N–H and O–H groups in total. The molecule has 1 heterocycles. The summed E-state index contributed by atoms with van der Waals surface area (Å²) in [6.45, 7) is 14.1. The Hall–Kier alpha value is -1.99. The van der Waals surface area contributed by atoms with Gasteiger partial charge >= 0.3 is 12.2 Å². The summed E-state index contributed by atoms with van der Waals surface area (Å²) in [5.41, 5.74) is -0.987. The molecule has 2 aliphatic rings. The Bertz CT molecular complexity index is 638. The number of rotatable bonds is 5. The van der Waals surface area contributed by atoms with Crippen molar-refractivity contribution in [2.24, 2.45) is 17.8 Å². The van der Waals surface area contributed by atoms with Gasteiger partial charge in [0.15, 0.2) is 0 Å². The van der Waals surface area contributed by atoms with Gasteiger partial charge in [0.25, 0.3) is 0 Å². The van der Waals surface area contributed by atoms with E-state index in [1.165, 1.54) is 0 Å². The molecule has 2 rings (SSSR count). The minimum atomic E-state index is -0.495. The summed E-state index contributed by atoms with van der Waals surface area (Å²) in [6.07, 6.45) is 4.93. The molecule has 0 spiro atoms. The third kappa shape index (κ3) is 9.34. The van der Waals surface area contributed by atoms with Crippen LogP contribution in [0.25, 0.3) is 0 Å². The van der Waals surface area contributed by atoms with Gasteiger partial charge < -0.3 is 24.2 Å². The van der Waals surface area contributed by atoms with Crippen molar-refractivity contribution < 1.29 is 23.9 Å². The van der Waals surface area contributed by atoms with Crippen LogP contribution >= 0.6 is 0 Å². The molecule has 196 valence electrons. The second-order valence-electron chi connectivity index (χ2n) is 12.2. The quantitative estimate of drug-likeness (QED) is 0.565. The molecule has 3 amide bonds. The molecule has 0 aromatic rings. The highest BCUT2D eigenvalue weighted by Crippen LogP contribution is 2.32. The summed E-state index contributed by atoms with van der Waals surface area (Å²) in [7, 11) is 3.57. The van der Waals surface area contributed by atoms with Crippen LogP contribution in [0.15, 0.2) is 0 Å². The summed E-state index contributed by atoms with van der Waals surface area (Å²) in [5.74, 6) is 1.17. The number of hydrogen-bond donors (Lipinski definition) is 0. The molecule has 0 aromatic heterocycles. The van der Waals surface area contributed by atoms with Gasteiger partial charge in [0.2, 0.25) is 5.91 Å². The fraction of sp³-hybridized carbons (Fsp3) is 0.885. The lowest BCUT2D eigenvalue weighted by molar-refractivity contribution is -0.138. The minimum Gasteiger partial charge on any atom is -0.444 e. The number of hydrogen-bond acceptors (Lipinski definition) is 5. The molecule has 0 aromatic carbocycles. The summed E-state index contributed by atoms with van der Waals surface area (Å²) < 4.78 is 10.9. The molecular formula is C26H47N3O5. The maximum Gasteiger partial charge on any atom is 0.410 e. The van der Waals surface area contributed by atoms with Crippen LogP contribution in [0.4, 0.5) is 9.59 Å². The number of likely N-dealkylation sites (tertiary alicyclic amines) is 1. The monoisotopic (exact) mass is 481 g/mol. The van der Waals surface area contributed by atoms with E-state index in [0.717, 1.165) is 51.6 Å². The number of carbonyl (C=O) groups excluding carboxylic acids is 3. The van der Waals surface area contributed by atoms with E-state index in [0.29, 0.717) is 24.9 Å². The zero-order valence-electron chi connectivity index (χ0n) is 22.7. The molecule has 1 aliphatic carbocycles. The summed E-state index contributed by atoms with van der Waals surface area (Å²) in [5, 5.41) is 0. The highest BCUT2D eigenvalue weighted by atomic mass is 16.6. The van der Waals surface area contributed by atoms with Crippen molar-refractivity contribution in [2.45, 2.75) is 91.3 Å². The van der Waals surface area contributed by atoms with E-state index < -0.39 is 11.2 Å². The summed E-state index contributed by atoms with van der Waals surface area (Å²) in [4.78, 5) is 42.9. The second kappa shape index (κ2) is 11.6. The first-order valence-electron chi connectivity index (χ1n) is 12.8. The summed E-state index contributed by atoms with van der Waals surface area (Å²) in [6, 6.07) is 0. The Morgan fingerprint density at radius 1 is 0.706 bits per heavy atom. The normalized spacial score (nSPS) is 22.2.